The number of rotatable bonds is 3. The molecular weight excluding hydrogens is 296 g/mol. The van der Waals surface area contributed by atoms with Crippen molar-refractivity contribution in [3.05, 3.63) is 43.2 Å². The summed E-state index contributed by atoms with van der Waals surface area (Å²) in [6.45, 7) is 2.97. The van der Waals surface area contributed by atoms with Gasteiger partial charge in [-0.3, -0.25) is 9.35 Å². The van der Waals surface area contributed by atoms with Gasteiger partial charge in [-0.2, -0.15) is 8.42 Å². The van der Waals surface area contributed by atoms with Gasteiger partial charge in [-0.1, -0.05) is 6.08 Å². The first kappa shape index (κ1) is 15.4. The summed E-state index contributed by atoms with van der Waals surface area (Å²) < 4.78 is 36.9. The molecule has 2 rings (SSSR count). The molecule has 0 atom stereocenters. The Morgan fingerprint density at radius 2 is 2.05 bits per heavy atom. The Labute approximate surface area is 120 Å². The molecule has 112 valence electrons. The fourth-order valence-corrected chi connectivity index (χ4v) is 2.74. The summed E-state index contributed by atoms with van der Waals surface area (Å²) in [5.41, 5.74) is 0.299. The monoisotopic (exact) mass is 310 g/mol. The Kier molecular flexibility index (Phi) is 3.97. The van der Waals surface area contributed by atoms with E-state index in [2.05, 4.69) is 0 Å². The third-order valence-electron chi connectivity index (χ3n) is 3.20. The van der Waals surface area contributed by atoms with Crippen molar-refractivity contribution in [3.63, 3.8) is 0 Å². The van der Waals surface area contributed by atoms with Gasteiger partial charge in [0.1, 0.15) is 11.2 Å². The molecule has 7 heteroatoms. The van der Waals surface area contributed by atoms with Crippen LogP contribution in [0.1, 0.15) is 24.5 Å². The third-order valence-corrected chi connectivity index (χ3v) is 4.08. The van der Waals surface area contributed by atoms with Crippen molar-refractivity contribution >= 4 is 28.1 Å². The predicted octanol–water partition coefficient (Wildman–Crippen LogP) is -0.184. The second-order valence-corrected chi connectivity index (χ2v) is 6.24. The maximum absolute atomic E-state index is 11.9. The number of hydrogen-bond acceptors (Lipinski definition) is 5. The minimum Gasteiger partial charge on any atom is -0.423 e. The van der Waals surface area contributed by atoms with Crippen LogP contribution < -0.4 is 16.3 Å². The van der Waals surface area contributed by atoms with Crippen molar-refractivity contribution in [2.24, 2.45) is 0 Å². The molecule has 1 aliphatic carbocycles. The Hall–Kier alpha value is -1.99. The van der Waals surface area contributed by atoms with Gasteiger partial charge in [0.05, 0.1) is 4.91 Å². The van der Waals surface area contributed by atoms with Crippen LogP contribution in [0.25, 0.3) is 12.2 Å². The first-order chi connectivity index (χ1) is 9.70. The van der Waals surface area contributed by atoms with Crippen LogP contribution in [-0.4, -0.2) is 18.8 Å². The van der Waals surface area contributed by atoms with E-state index in [1.807, 2.05) is 0 Å². The molecule has 1 aromatic heterocycles. The zero-order valence-electron chi connectivity index (χ0n) is 11.5. The minimum absolute atomic E-state index is 0.0831. The zero-order valence-corrected chi connectivity index (χ0v) is 12.4. The number of carbonyl (C=O) groups excluding carboxylic acids is 1. The van der Waals surface area contributed by atoms with Crippen molar-refractivity contribution in [1.82, 2.24) is 0 Å². The van der Waals surface area contributed by atoms with E-state index in [9.17, 15) is 18.0 Å². The Balaban J connectivity index is 2.83. The van der Waals surface area contributed by atoms with Gasteiger partial charge in [0, 0.05) is 17.2 Å². The summed E-state index contributed by atoms with van der Waals surface area (Å²) >= 11 is 0. The fraction of sp³-hybridized carbons (Fsp3) is 0.286. The second-order valence-electron chi connectivity index (χ2n) is 4.82. The van der Waals surface area contributed by atoms with Crippen LogP contribution >= 0.6 is 0 Å². The molecule has 1 aromatic rings. The van der Waals surface area contributed by atoms with Crippen molar-refractivity contribution < 1.29 is 22.2 Å². The lowest BCUT2D eigenvalue weighted by Gasteiger charge is -2.03. The summed E-state index contributed by atoms with van der Waals surface area (Å²) in [4.78, 5) is 22.9. The number of hydrogen-bond donors (Lipinski definition) is 1. The van der Waals surface area contributed by atoms with E-state index in [4.69, 9.17) is 8.97 Å². The molecule has 21 heavy (non-hydrogen) atoms. The molecule has 0 saturated carbocycles. The topological polar surface area (TPSA) is 102 Å². The van der Waals surface area contributed by atoms with Crippen LogP contribution in [-0.2, 0) is 21.3 Å². The Morgan fingerprint density at radius 1 is 1.38 bits per heavy atom. The van der Waals surface area contributed by atoms with E-state index in [-0.39, 0.29) is 34.5 Å². The smallest absolute Gasteiger partial charge is 0.340 e. The minimum atomic E-state index is -4.36. The Bertz CT molecular complexity index is 915. The summed E-state index contributed by atoms with van der Waals surface area (Å²) in [5, 5.41) is 0.382. The highest BCUT2D eigenvalue weighted by Crippen LogP contribution is 2.10. The van der Waals surface area contributed by atoms with Gasteiger partial charge in [-0.25, -0.2) is 4.79 Å². The normalized spacial score (nSPS) is 14.3. The summed E-state index contributed by atoms with van der Waals surface area (Å²) in [5.74, 6) is -0.200. The van der Waals surface area contributed by atoms with Gasteiger partial charge in [-0.05, 0) is 38.0 Å². The van der Waals surface area contributed by atoms with Crippen molar-refractivity contribution in [1.29, 1.82) is 0 Å². The molecule has 0 aliphatic heterocycles. The molecule has 0 aromatic carbocycles. The molecule has 0 amide bonds. The highest BCUT2D eigenvalue weighted by Gasteiger charge is 2.16. The SMILES string of the molecule is CC(=O)Cc1c(C)c2c(oc1=O)=CCC=C(S(=O)(=O)O)C=2. The molecule has 0 fully saturated rings. The summed E-state index contributed by atoms with van der Waals surface area (Å²) in [7, 11) is -4.36. The quantitative estimate of drug-likeness (QED) is 0.777. The van der Waals surface area contributed by atoms with Crippen LogP contribution in [0.3, 0.4) is 0 Å². The average molecular weight is 310 g/mol. The highest BCUT2D eigenvalue weighted by molar-refractivity contribution is 7.90. The first-order valence-corrected chi connectivity index (χ1v) is 7.65. The van der Waals surface area contributed by atoms with Crippen molar-refractivity contribution in [2.75, 3.05) is 0 Å². The molecule has 1 aliphatic rings. The highest BCUT2D eigenvalue weighted by atomic mass is 32.2. The number of fused-ring (bicyclic) bond motifs is 1. The van der Waals surface area contributed by atoms with E-state index in [0.717, 1.165) is 0 Å². The lowest BCUT2D eigenvalue weighted by Crippen LogP contribution is -2.35. The number of carbonyl (C=O) groups is 1. The van der Waals surface area contributed by atoms with E-state index < -0.39 is 15.7 Å². The van der Waals surface area contributed by atoms with Gasteiger partial charge < -0.3 is 4.42 Å². The van der Waals surface area contributed by atoms with Gasteiger partial charge >= 0.3 is 5.63 Å². The number of ketones is 1. The summed E-state index contributed by atoms with van der Waals surface area (Å²) in [6, 6.07) is 0. The lowest BCUT2D eigenvalue weighted by molar-refractivity contribution is -0.116. The molecule has 0 radical (unpaired) electrons. The molecule has 0 unspecified atom stereocenters. The molecule has 0 saturated heterocycles. The van der Waals surface area contributed by atoms with E-state index in [1.54, 1.807) is 13.0 Å². The largest absolute Gasteiger partial charge is 0.423 e. The van der Waals surface area contributed by atoms with Crippen LogP contribution in [0.5, 0.6) is 0 Å². The number of Topliss-reactive ketones (excluding diaryl/α,β-unsaturated/α-hetero) is 1. The Morgan fingerprint density at radius 3 is 2.62 bits per heavy atom. The van der Waals surface area contributed by atoms with Gasteiger partial charge in [0.25, 0.3) is 10.1 Å². The molecule has 1 heterocycles. The van der Waals surface area contributed by atoms with Gasteiger partial charge in [0.2, 0.25) is 0 Å². The molecule has 0 spiro atoms. The van der Waals surface area contributed by atoms with Crippen LogP contribution in [0.4, 0.5) is 0 Å². The lowest BCUT2D eigenvalue weighted by atomic mass is 10.0. The number of allylic oxidation sites excluding steroid dienone is 2. The zero-order chi connectivity index (χ0) is 15.8. The third kappa shape index (κ3) is 3.20. The second kappa shape index (κ2) is 5.42. The molecule has 0 bridgehead atoms. The maximum atomic E-state index is 11.9. The van der Waals surface area contributed by atoms with E-state index in [0.29, 0.717) is 10.8 Å². The molecular formula is C14H14O6S. The maximum Gasteiger partial charge on any atom is 0.340 e. The molecule has 1 N–H and O–H groups in total. The molecule has 6 nitrogen and oxygen atoms in total. The van der Waals surface area contributed by atoms with Crippen molar-refractivity contribution in [3.8, 4) is 0 Å². The predicted molar refractivity (Wildman–Crippen MR) is 76.5 cm³/mol. The standard InChI is InChI=1S/C14H14O6S/c1-8(15)6-12-9(2)11-7-10(21(17,18)19)4-3-5-13(11)20-14(12)16/h4-5,7H,3,6H2,1-2H3,(H,17,18,19). The van der Waals surface area contributed by atoms with Crippen LogP contribution in [0, 0.1) is 6.92 Å². The van der Waals surface area contributed by atoms with E-state index in [1.165, 1.54) is 19.1 Å². The van der Waals surface area contributed by atoms with Crippen LogP contribution in [0.15, 0.2) is 20.2 Å². The summed E-state index contributed by atoms with van der Waals surface area (Å²) in [6.07, 6.45) is 4.23. The fourth-order valence-electron chi connectivity index (χ4n) is 2.16. The average Bonchev–Trinajstić information content (AvgIpc) is 2.56. The van der Waals surface area contributed by atoms with Crippen molar-refractivity contribution in [2.45, 2.75) is 26.7 Å². The van der Waals surface area contributed by atoms with E-state index >= 15 is 0 Å². The van der Waals surface area contributed by atoms with Gasteiger partial charge in [0.15, 0.2) is 0 Å². The first-order valence-electron chi connectivity index (χ1n) is 6.21. The van der Waals surface area contributed by atoms with Gasteiger partial charge in [-0.15, -0.1) is 0 Å². The van der Waals surface area contributed by atoms with Crippen LogP contribution in [0.2, 0.25) is 0 Å².